The van der Waals surface area contributed by atoms with E-state index in [1.165, 1.54) is 0 Å². The van der Waals surface area contributed by atoms with Crippen LogP contribution in [0.25, 0.3) is 0 Å². The molecule has 20 heavy (non-hydrogen) atoms. The zero-order valence-corrected chi connectivity index (χ0v) is 10.4. The number of fused-ring (bicyclic) bond motifs is 1. The van der Waals surface area contributed by atoms with Gasteiger partial charge in [-0.15, -0.1) is 0 Å². The molecule has 0 saturated carbocycles. The number of carbonyl (C=O) groups is 1. The van der Waals surface area contributed by atoms with E-state index in [0.717, 1.165) is 18.2 Å². The second-order valence-electron chi connectivity index (χ2n) is 4.81. The Kier molecular flexibility index (Phi) is 2.79. The lowest BCUT2D eigenvalue weighted by atomic mass is 9.88. The normalized spacial score (nSPS) is 20.6. The van der Waals surface area contributed by atoms with E-state index in [9.17, 15) is 18.7 Å². The molecule has 0 fully saturated rings. The second-order valence-corrected chi connectivity index (χ2v) is 4.81. The van der Waals surface area contributed by atoms with E-state index < -0.39 is 23.1 Å². The summed E-state index contributed by atoms with van der Waals surface area (Å²) in [6.45, 7) is 0. The minimum Gasteiger partial charge on any atom is -0.375 e. The molecule has 5 heteroatoms. The molecule has 0 spiro atoms. The summed E-state index contributed by atoms with van der Waals surface area (Å²) in [6.07, 6.45) is -0.190. The van der Waals surface area contributed by atoms with Crippen LogP contribution in [0.2, 0.25) is 0 Å². The van der Waals surface area contributed by atoms with Gasteiger partial charge in [0.05, 0.1) is 0 Å². The third kappa shape index (κ3) is 1.96. The fourth-order valence-corrected chi connectivity index (χ4v) is 2.48. The largest absolute Gasteiger partial charge is 0.375 e. The summed E-state index contributed by atoms with van der Waals surface area (Å²) in [4.78, 5) is 12.0. The second kappa shape index (κ2) is 4.38. The monoisotopic (exact) mass is 275 g/mol. The first-order valence-corrected chi connectivity index (χ1v) is 6.07. The van der Waals surface area contributed by atoms with Gasteiger partial charge in [-0.1, -0.05) is 18.2 Å². The molecule has 102 valence electrons. The van der Waals surface area contributed by atoms with Crippen molar-refractivity contribution in [1.29, 1.82) is 0 Å². The van der Waals surface area contributed by atoms with Crippen molar-refractivity contribution < 1.29 is 18.7 Å². The highest BCUT2D eigenvalue weighted by molar-refractivity contribution is 6.05. The standard InChI is InChI=1S/C15H11F2NO2/c16-10-5-9(6-11(17)7-10)8-15(20)12-3-1-2-4-13(12)18-14(15)19/h1-7,20H,8H2,(H,18,19). The van der Waals surface area contributed by atoms with Crippen molar-refractivity contribution in [2.45, 2.75) is 12.0 Å². The summed E-state index contributed by atoms with van der Waals surface area (Å²) < 4.78 is 26.4. The molecule has 0 aliphatic carbocycles. The molecule has 2 N–H and O–H groups in total. The highest BCUT2D eigenvalue weighted by Crippen LogP contribution is 2.38. The van der Waals surface area contributed by atoms with Crippen LogP contribution in [0.5, 0.6) is 0 Å². The van der Waals surface area contributed by atoms with Crippen molar-refractivity contribution in [3.8, 4) is 0 Å². The van der Waals surface area contributed by atoms with Gasteiger partial charge in [0.1, 0.15) is 11.6 Å². The molecule has 1 aliphatic heterocycles. The molecule has 0 saturated heterocycles. The average molecular weight is 275 g/mol. The molecule has 0 radical (unpaired) electrons. The first-order valence-electron chi connectivity index (χ1n) is 6.07. The lowest BCUT2D eigenvalue weighted by Crippen LogP contribution is -2.36. The Labute approximate surface area is 113 Å². The summed E-state index contributed by atoms with van der Waals surface area (Å²) in [6, 6.07) is 9.66. The Morgan fingerprint density at radius 2 is 1.75 bits per heavy atom. The molecule has 1 atom stereocenters. The molecule has 0 bridgehead atoms. The Morgan fingerprint density at radius 3 is 2.45 bits per heavy atom. The molecule has 2 aromatic rings. The number of benzene rings is 2. The minimum absolute atomic E-state index is 0.190. The predicted octanol–water partition coefficient (Wildman–Crippen LogP) is 2.35. The highest BCUT2D eigenvalue weighted by atomic mass is 19.1. The van der Waals surface area contributed by atoms with E-state index in [1.807, 2.05) is 0 Å². The van der Waals surface area contributed by atoms with E-state index in [4.69, 9.17) is 0 Å². The molecule has 1 unspecified atom stereocenters. The summed E-state index contributed by atoms with van der Waals surface area (Å²) in [5, 5.41) is 13.2. The number of halogens is 2. The smallest absolute Gasteiger partial charge is 0.261 e. The van der Waals surface area contributed by atoms with Crippen LogP contribution in [0.4, 0.5) is 14.5 Å². The maximum atomic E-state index is 13.2. The van der Waals surface area contributed by atoms with Crippen LogP contribution in [-0.4, -0.2) is 11.0 Å². The van der Waals surface area contributed by atoms with Gasteiger partial charge in [-0.05, 0) is 23.8 Å². The number of hydrogen-bond acceptors (Lipinski definition) is 2. The van der Waals surface area contributed by atoms with Crippen molar-refractivity contribution in [3.63, 3.8) is 0 Å². The summed E-state index contributed by atoms with van der Waals surface area (Å²) in [5.41, 5.74) is -0.667. The Morgan fingerprint density at radius 1 is 1.10 bits per heavy atom. The van der Waals surface area contributed by atoms with E-state index in [1.54, 1.807) is 24.3 Å². The van der Waals surface area contributed by atoms with Crippen LogP contribution >= 0.6 is 0 Å². The van der Waals surface area contributed by atoms with E-state index in [2.05, 4.69) is 5.32 Å². The van der Waals surface area contributed by atoms with Crippen LogP contribution in [0.15, 0.2) is 42.5 Å². The van der Waals surface area contributed by atoms with Gasteiger partial charge in [0, 0.05) is 23.7 Å². The van der Waals surface area contributed by atoms with Crippen LogP contribution in [0, 0.1) is 11.6 Å². The van der Waals surface area contributed by atoms with Crippen molar-refractivity contribution in [2.24, 2.45) is 0 Å². The first-order chi connectivity index (χ1) is 9.49. The lowest BCUT2D eigenvalue weighted by Gasteiger charge is -2.21. The number of rotatable bonds is 2. The topological polar surface area (TPSA) is 49.3 Å². The number of hydrogen-bond donors (Lipinski definition) is 2. The number of anilines is 1. The van der Waals surface area contributed by atoms with Crippen LogP contribution in [0.3, 0.4) is 0 Å². The van der Waals surface area contributed by atoms with Gasteiger partial charge in [-0.3, -0.25) is 4.79 Å². The Bertz CT molecular complexity index is 682. The highest BCUT2D eigenvalue weighted by Gasteiger charge is 2.45. The van der Waals surface area contributed by atoms with Gasteiger partial charge >= 0.3 is 0 Å². The van der Waals surface area contributed by atoms with Crippen LogP contribution < -0.4 is 5.32 Å². The summed E-state index contributed by atoms with van der Waals surface area (Å²) in [5.74, 6) is -2.08. The molecule has 1 heterocycles. The molecular formula is C15H11F2NO2. The molecule has 2 aromatic carbocycles. The molecule has 3 nitrogen and oxygen atoms in total. The summed E-state index contributed by atoms with van der Waals surface area (Å²) >= 11 is 0. The SMILES string of the molecule is O=C1Nc2ccccc2C1(O)Cc1cc(F)cc(F)c1. The first kappa shape index (κ1) is 12.7. The molecular weight excluding hydrogens is 264 g/mol. The maximum Gasteiger partial charge on any atom is 0.261 e. The summed E-state index contributed by atoms with van der Waals surface area (Å²) in [7, 11) is 0. The average Bonchev–Trinajstić information content (AvgIpc) is 2.61. The number of nitrogens with one attached hydrogen (secondary N) is 1. The molecule has 1 amide bonds. The molecule has 1 aliphatic rings. The van der Waals surface area contributed by atoms with Crippen molar-refractivity contribution >= 4 is 11.6 Å². The van der Waals surface area contributed by atoms with Gasteiger partial charge in [0.2, 0.25) is 0 Å². The van der Waals surface area contributed by atoms with Gasteiger partial charge in [-0.2, -0.15) is 0 Å². The van der Waals surface area contributed by atoms with Crippen LogP contribution in [0.1, 0.15) is 11.1 Å². The fourth-order valence-electron chi connectivity index (χ4n) is 2.48. The molecule has 0 aromatic heterocycles. The zero-order chi connectivity index (χ0) is 14.3. The number of amides is 1. The van der Waals surface area contributed by atoms with Gasteiger partial charge in [-0.25, -0.2) is 8.78 Å². The quantitative estimate of drug-likeness (QED) is 0.884. The lowest BCUT2D eigenvalue weighted by molar-refractivity contribution is -0.133. The van der Waals surface area contributed by atoms with Crippen molar-refractivity contribution in [3.05, 3.63) is 65.2 Å². The zero-order valence-electron chi connectivity index (χ0n) is 10.4. The number of carbonyl (C=O) groups excluding carboxylic acids is 1. The van der Waals surface area contributed by atoms with Gasteiger partial charge in [0.15, 0.2) is 5.60 Å². The minimum atomic E-state index is -1.81. The van der Waals surface area contributed by atoms with E-state index in [0.29, 0.717) is 11.3 Å². The van der Waals surface area contributed by atoms with Crippen LogP contribution in [-0.2, 0) is 16.8 Å². The van der Waals surface area contributed by atoms with E-state index in [-0.39, 0.29) is 12.0 Å². The fraction of sp³-hybridized carbons (Fsp3) is 0.133. The number of para-hydroxylation sites is 1. The van der Waals surface area contributed by atoms with Crippen molar-refractivity contribution in [1.82, 2.24) is 0 Å². The van der Waals surface area contributed by atoms with E-state index >= 15 is 0 Å². The predicted molar refractivity (Wildman–Crippen MR) is 69.0 cm³/mol. The van der Waals surface area contributed by atoms with Gasteiger partial charge in [0.25, 0.3) is 5.91 Å². The Balaban J connectivity index is 2.03. The van der Waals surface area contributed by atoms with Crippen molar-refractivity contribution in [2.75, 3.05) is 5.32 Å². The third-order valence-electron chi connectivity index (χ3n) is 3.38. The van der Waals surface area contributed by atoms with Gasteiger partial charge < -0.3 is 10.4 Å². The maximum absolute atomic E-state index is 13.2. The third-order valence-corrected chi connectivity index (χ3v) is 3.38. The number of aliphatic hydroxyl groups is 1. The molecule has 3 rings (SSSR count). The Hall–Kier alpha value is -2.27.